The lowest BCUT2D eigenvalue weighted by Gasteiger charge is -2.13. The van der Waals surface area contributed by atoms with E-state index in [9.17, 15) is 14.9 Å². The van der Waals surface area contributed by atoms with Crippen LogP contribution >= 0.6 is 0 Å². The summed E-state index contributed by atoms with van der Waals surface area (Å²) in [5.74, 6) is -0.132. The van der Waals surface area contributed by atoms with E-state index in [4.69, 9.17) is 4.74 Å². The van der Waals surface area contributed by atoms with Crippen LogP contribution in [0, 0.1) is 17.0 Å². The van der Waals surface area contributed by atoms with Crippen LogP contribution in [0.4, 0.5) is 5.69 Å². The summed E-state index contributed by atoms with van der Waals surface area (Å²) in [5.41, 5.74) is 0.729. The molecule has 2 atom stereocenters. The summed E-state index contributed by atoms with van der Waals surface area (Å²) in [4.78, 5) is 21.9. The van der Waals surface area contributed by atoms with Gasteiger partial charge in [0.2, 0.25) is 0 Å². The first kappa shape index (κ1) is 14.3. The van der Waals surface area contributed by atoms with Gasteiger partial charge >= 0.3 is 11.7 Å². The highest BCUT2D eigenvalue weighted by molar-refractivity contribution is 5.76. The molecular formula is C13H16N2O5. The summed E-state index contributed by atoms with van der Waals surface area (Å²) in [6.07, 6.45) is 0.137. The Hall–Kier alpha value is -2.15. The highest BCUT2D eigenvalue weighted by Crippen LogP contribution is 2.29. The minimum atomic E-state index is -0.470. The van der Waals surface area contributed by atoms with Gasteiger partial charge < -0.3 is 14.8 Å². The van der Waals surface area contributed by atoms with Crippen molar-refractivity contribution in [1.82, 2.24) is 5.32 Å². The van der Waals surface area contributed by atoms with Crippen LogP contribution in [0.1, 0.15) is 12.0 Å². The number of ether oxygens (including phenoxy) is 2. The van der Waals surface area contributed by atoms with Crippen LogP contribution < -0.4 is 10.1 Å². The van der Waals surface area contributed by atoms with Gasteiger partial charge in [-0.05, 0) is 18.6 Å². The molecule has 20 heavy (non-hydrogen) atoms. The number of methoxy groups -OCH3 is 1. The first-order chi connectivity index (χ1) is 9.51. The largest absolute Gasteiger partial charge is 0.482 e. The summed E-state index contributed by atoms with van der Waals surface area (Å²) in [7, 11) is 1.32. The second-order valence-corrected chi connectivity index (χ2v) is 4.69. The first-order valence-electron chi connectivity index (χ1n) is 6.24. The van der Waals surface area contributed by atoms with Crippen LogP contribution in [0.15, 0.2) is 18.2 Å². The molecular weight excluding hydrogens is 264 g/mol. The van der Waals surface area contributed by atoms with Gasteiger partial charge in [-0.25, -0.2) is 0 Å². The molecule has 7 nitrogen and oxygen atoms in total. The number of carbonyl (C=O) groups is 1. The molecule has 1 fully saturated rings. The lowest BCUT2D eigenvalue weighted by Crippen LogP contribution is -2.31. The van der Waals surface area contributed by atoms with Gasteiger partial charge in [0.25, 0.3) is 0 Å². The average Bonchev–Trinajstić information content (AvgIpc) is 2.88. The van der Waals surface area contributed by atoms with Crippen molar-refractivity contribution in [3.63, 3.8) is 0 Å². The number of nitro groups is 1. The Morgan fingerprint density at radius 1 is 1.50 bits per heavy atom. The number of carbonyl (C=O) groups excluding carboxylic acids is 1. The van der Waals surface area contributed by atoms with Gasteiger partial charge in [0.1, 0.15) is 12.1 Å². The Morgan fingerprint density at radius 2 is 2.25 bits per heavy atom. The molecule has 1 aliphatic heterocycles. The standard InChI is InChI=1S/C13H16N2O5/c1-8-3-4-12(11(5-8)15(17)18)20-9-6-10(14-7-9)13(16)19-2/h3-5,9-10,14H,6-7H2,1-2H3/t9-,10-/m0/s1. The lowest BCUT2D eigenvalue weighted by molar-refractivity contribution is -0.386. The number of benzene rings is 1. The Bertz CT molecular complexity index is 531. The van der Waals surface area contributed by atoms with Crippen molar-refractivity contribution in [2.75, 3.05) is 13.7 Å². The Kier molecular flexibility index (Phi) is 4.19. The van der Waals surface area contributed by atoms with Gasteiger partial charge in [0.15, 0.2) is 5.75 Å². The van der Waals surface area contributed by atoms with Crippen molar-refractivity contribution >= 4 is 11.7 Å². The molecule has 0 unspecified atom stereocenters. The highest BCUT2D eigenvalue weighted by atomic mass is 16.6. The number of aryl methyl sites for hydroxylation is 1. The molecule has 1 aliphatic rings. The second kappa shape index (κ2) is 5.87. The number of rotatable bonds is 4. The van der Waals surface area contributed by atoms with E-state index in [-0.39, 0.29) is 23.5 Å². The topological polar surface area (TPSA) is 90.7 Å². The highest BCUT2D eigenvalue weighted by Gasteiger charge is 2.32. The lowest BCUT2D eigenvalue weighted by atomic mass is 10.2. The fourth-order valence-electron chi connectivity index (χ4n) is 2.16. The third kappa shape index (κ3) is 3.05. The minimum Gasteiger partial charge on any atom is -0.482 e. The minimum absolute atomic E-state index is 0.0634. The van der Waals surface area contributed by atoms with E-state index in [1.165, 1.54) is 13.2 Å². The van der Waals surface area contributed by atoms with Gasteiger partial charge in [-0.2, -0.15) is 0 Å². The number of nitrogens with zero attached hydrogens (tertiary/aromatic N) is 1. The maximum absolute atomic E-state index is 11.4. The van der Waals surface area contributed by atoms with Gasteiger partial charge in [-0.3, -0.25) is 14.9 Å². The van der Waals surface area contributed by atoms with Crippen molar-refractivity contribution in [1.29, 1.82) is 0 Å². The monoisotopic (exact) mass is 280 g/mol. The Labute approximate surface area is 116 Å². The summed E-state index contributed by atoms with van der Waals surface area (Å²) >= 11 is 0. The van der Waals surface area contributed by atoms with Gasteiger partial charge in [0.05, 0.1) is 12.0 Å². The van der Waals surface area contributed by atoms with Crippen molar-refractivity contribution in [3.8, 4) is 5.75 Å². The summed E-state index contributed by atoms with van der Waals surface area (Å²) < 4.78 is 10.3. The maximum Gasteiger partial charge on any atom is 0.323 e. The molecule has 0 aromatic heterocycles. The fourth-order valence-corrected chi connectivity index (χ4v) is 2.16. The van der Waals surface area contributed by atoms with E-state index in [1.807, 2.05) is 0 Å². The molecule has 108 valence electrons. The molecule has 0 aliphatic carbocycles. The zero-order chi connectivity index (χ0) is 14.7. The van der Waals surface area contributed by atoms with E-state index >= 15 is 0 Å². The maximum atomic E-state index is 11.4. The molecule has 7 heteroatoms. The number of esters is 1. The normalized spacial score (nSPS) is 21.5. The third-order valence-corrected chi connectivity index (χ3v) is 3.18. The van der Waals surface area contributed by atoms with Crippen LogP contribution in [0.5, 0.6) is 5.75 Å². The van der Waals surface area contributed by atoms with Crippen molar-refractivity contribution in [2.45, 2.75) is 25.5 Å². The van der Waals surface area contributed by atoms with E-state index in [0.717, 1.165) is 5.56 Å². The van der Waals surface area contributed by atoms with Crippen molar-refractivity contribution in [3.05, 3.63) is 33.9 Å². The molecule has 0 radical (unpaired) electrons. The average molecular weight is 280 g/mol. The Morgan fingerprint density at radius 3 is 2.90 bits per heavy atom. The van der Waals surface area contributed by atoms with E-state index in [2.05, 4.69) is 10.1 Å². The molecule has 1 aromatic rings. The molecule has 0 saturated carbocycles. The fraction of sp³-hybridized carbons (Fsp3) is 0.462. The number of hydrogen-bond acceptors (Lipinski definition) is 6. The molecule has 0 bridgehead atoms. The zero-order valence-corrected chi connectivity index (χ0v) is 11.3. The second-order valence-electron chi connectivity index (χ2n) is 4.69. The molecule has 1 aromatic carbocycles. The molecule has 1 heterocycles. The van der Waals surface area contributed by atoms with Crippen molar-refractivity contribution in [2.24, 2.45) is 0 Å². The smallest absolute Gasteiger partial charge is 0.323 e. The third-order valence-electron chi connectivity index (χ3n) is 3.18. The number of hydrogen-bond donors (Lipinski definition) is 1. The van der Waals surface area contributed by atoms with Crippen LogP contribution in [0.3, 0.4) is 0 Å². The molecule has 1 N–H and O–H groups in total. The van der Waals surface area contributed by atoms with E-state index in [0.29, 0.717) is 13.0 Å². The molecule has 2 rings (SSSR count). The van der Waals surface area contributed by atoms with Crippen LogP contribution in [0.25, 0.3) is 0 Å². The quantitative estimate of drug-likeness (QED) is 0.506. The summed E-state index contributed by atoms with van der Waals surface area (Å²) in [5, 5.41) is 14.0. The van der Waals surface area contributed by atoms with E-state index in [1.54, 1.807) is 19.1 Å². The predicted molar refractivity (Wildman–Crippen MR) is 70.7 cm³/mol. The van der Waals surface area contributed by atoms with Crippen molar-refractivity contribution < 1.29 is 19.2 Å². The number of nitro benzene ring substituents is 1. The summed E-state index contributed by atoms with van der Waals surface area (Å²) in [6, 6.07) is 4.38. The van der Waals surface area contributed by atoms with Crippen LogP contribution in [-0.4, -0.2) is 36.7 Å². The molecule has 0 amide bonds. The van der Waals surface area contributed by atoms with Crippen LogP contribution in [0.2, 0.25) is 0 Å². The molecule has 1 saturated heterocycles. The SMILES string of the molecule is COC(=O)[C@@H]1C[C@H](Oc2ccc(C)cc2[N+](=O)[O-])CN1. The first-order valence-corrected chi connectivity index (χ1v) is 6.24. The summed E-state index contributed by atoms with van der Waals surface area (Å²) in [6.45, 7) is 2.23. The van der Waals surface area contributed by atoms with Gasteiger partial charge in [-0.1, -0.05) is 6.07 Å². The van der Waals surface area contributed by atoms with E-state index < -0.39 is 11.0 Å². The predicted octanol–water partition coefficient (Wildman–Crippen LogP) is 1.19. The Balaban J connectivity index is 2.08. The van der Waals surface area contributed by atoms with Gasteiger partial charge in [0, 0.05) is 19.0 Å². The van der Waals surface area contributed by atoms with Gasteiger partial charge in [-0.15, -0.1) is 0 Å². The molecule has 0 spiro atoms. The van der Waals surface area contributed by atoms with Crippen LogP contribution in [-0.2, 0) is 9.53 Å². The zero-order valence-electron chi connectivity index (χ0n) is 11.3. The number of nitrogens with one attached hydrogen (secondary N) is 1.